The number of sulfonamides is 1. The topological polar surface area (TPSA) is 37.4 Å². The Bertz CT molecular complexity index is 437. The quantitative estimate of drug-likeness (QED) is 0.783. The fourth-order valence-electron chi connectivity index (χ4n) is 1.70. The van der Waals surface area contributed by atoms with Gasteiger partial charge in [0.15, 0.2) is 0 Å². The second-order valence-electron chi connectivity index (χ2n) is 4.30. The van der Waals surface area contributed by atoms with Gasteiger partial charge in [0.1, 0.15) is 0 Å². The van der Waals surface area contributed by atoms with Crippen molar-refractivity contribution in [3.05, 3.63) is 35.9 Å². The number of hydrogen-bond donors (Lipinski definition) is 0. The first-order valence-electron chi connectivity index (χ1n) is 5.59. The molecule has 1 fully saturated rings. The number of benzene rings is 1. The van der Waals surface area contributed by atoms with E-state index in [9.17, 15) is 8.42 Å². The van der Waals surface area contributed by atoms with Crippen molar-refractivity contribution in [3.63, 3.8) is 0 Å². The summed E-state index contributed by atoms with van der Waals surface area (Å²) in [5.41, 5.74) is 1.08. The molecule has 4 heteroatoms. The zero-order chi connectivity index (χ0) is 11.6. The average molecular weight is 239 g/mol. The standard InChI is InChI=1S/C12H17NO2S/c1-13(12-7-8-12)16(14,15)10-9-11-5-3-2-4-6-11/h2-6,12H,7-10H2,1H3. The lowest BCUT2D eigenvalue weighted by atomic mass is 10.2. The minimum atomic E-state index is -3.06. The molecule has 16 heavy (non-hydrogen) atoms. The summed E-state index contributed by atoms with van der Waals surface area (Å²) in [6, 6.07) is 10.0. The Hall–Kier alpha value is -0.870. The van der Waals surface area contributed by atoms with Gasteiger partial charge in [0.25, 0.3) is 0 Å². The Morgan fingerprint density at radius 2 is 1.88 bits per heavy atom. The molecule has 88 valence electrons. The lowest BCUT2D eigenvalue weighted by Crippen LogP contribution is -2.31. The molecule has 3 nitrogen and oxygen atoms in total. The van der Waals surface area contributed by atoms with Crippen LogP contribution in [0.5, 0.6) is 0 Å². The van der Waals surface area contributed by atoms with Crippen molar-refractivity contribution < 1.29 is 8.42 Å². The van der Waals surface area contributed by atoms with Gasteiger partial charge in [-0.25, -0.2) is 12.7 Å². The highest BCUT2D eigenvalue weighted by Crippen LogP contribution is 2.27. The van der Waals surface area contributed by atoms with E-state index >= 15 is 0 Å². The van der Waals surface area contributed by atoms with E-state index in [0.717, 1.165) is 18.4 Å². The van der Waals surface area contributed by atoms with Gasteiger partial charge in [-0.3, -0.25) is 0 Å². The molecule has 1 aromatic rings. The van der Waals surface area contributed by atoms with Crippen molar-refractivity contribution >= 4 is 10.0 Å². The third-order valence-corrected chi connectivity index (χ3v) is 4.89. The van der Waals surface area contributed by atoms with Crippen molar-refractivity contribution in [3.8, 4) is 0 Å². The van der Waals surface area contributed by atoms with E-state index in [1.807, 2.05) is 30.3 Å². The van der Waals surface area contributed by atoms with Crippen LogP contribution >= 0.6 is 0 Å². The molecule has 0 spiro atoms. The van der Waals surface area contributed by atoms with E-state index < -0.39 is 10.0 Å². The molecule has 0 aromatic heterocycles. The fourth-order valence-corrected chi connectivity index (χ4v) is 3.15. The van der Waals surface area contributed by atoms with E-state index in [1.54, 1.807) is 7.05 Å². The van der Waals surface area contributed by atoms with E-state index in [4.69, 9.17) is 0 Å². The Morgan fingerprint density at radius 1 is 1.25 bits per heavy atom. The van der Waals surface area contributed by atoms with Gasteiger partial charge in [0.2, 0.25) is 10.0 Å². The van der Waals surface area contributed by atoms with Gasteiger partial charge in [-0.15, -0.1) is 0 Å². The molecule has 1 aliphatic carbocycles. The van der Waals surface area contributed by atoms with E-state index in [1.165, 1.54) is 4.31 Å². The average Bonchev–Trinajstić information content (AvgIpc) is 3.11. The molecule has 0 aliphatic heterocycles. The van der Waals surface area contributed by atoms with Crippen LogP contribution in [-0.2, 0) is 16.4 Å². The minimum Gasteiger partial charge on any atom is -0.212 e. The summed E-state index contributed by atoms with van der Waals surface area (Å²) >= 11 is 0. The number of nitrogens with zero attached hydrogens (tertiary/aromatic N) is 1. The highest BCUT2D eigenvalue weighted by molar-refractivity contribution is 7.89. The third kappa shape index (κ3) is 2.83. The Labute approximate surface area is 97.1 Å². The summed E-state index contributed by atoms with van der Waals surface area (Å²) in [5, 5.41) is 0. The molecule has 0 unspecified atom stereocenters. The lowest BCUT2D eigenvalue weighted by molar-refractivity contribution is 0.464. The van der Waals surface area contributed by atoms with Crippen molar-refractivity contribution in [2.75, 3.05) is 12.8 Å². The maximum atomic E-state index is 11.9. The second kappa shape index (κ2) is 4.55. The molecule has 0 N–H and O–H groups in total. The molecule has 1 aliphatic rings. The molecule has 1 saturated carbocycles. The molecule has 2 rings (SSSR count). The van der Waals surface area contributed by atoms with E-state index in [-0.39, 0.29) is 11.8 Å². The summed E-state index contributed by atoms with van der Waals surface area (Å²) < 4.78 is 25.4. The summed E-state index contributed by atoms with van der Waals surface area (Å²) in [7, 11) is -1.37. The van der Waals surface area contributed by atoms with Crippen molar-refractivity contribution in [2.45, 2.75) is 25.3 Å². The zero-order valence-electron chi connectivity index (χ0n) is 9.46. The monoisotopic (exact) mass is 239 g/mol. The van der Waals surface area contributed by atoms with Crippen LogP contribution in [0.2, 0.25) is 0 Å². The Balaban J connectivity index is 1.94. The Kier molecular flexibility index (Phi) is 3.30. The van der Waals surface area contributed by atoms with Gasteiger partial charge in [-0.05, 0) is 24.8 Å². The molecule has 1 aromatic carbocycles. The molecule has 0 saturated heterocycles. The van der Waals surface area contributed by atoms with Gasteiger partial charge in [-0.1, -0.05) is 30.3 Å². The van der Waals surface area contributed by atoms with Crippen molar-refractivity contribution in [1.29, 1.82) is 0 Å². The van der Waals surface area contributed by atoms with Crippen LogP contribution in [-0.4, -0.2) is 31.6 Å². The number of aryl methyl sites for hydroxylation is 1. The smallest absolute Gasteiger partial charge is 0.212 e. The predicted octanol–water partition coefficient (Wildman–Crippen LogP) is 1.65. The first kappa shape index (κ1) is 11.6. The summed E-state index contributed by atoms with van der Waals surface area (Å²) in [5.74, 6) is 0.212. The fraction of sp³-hybridized carbons (Fsp3) is 0.500. The van der Waals surface area contributed by atoms with Crippen LogP contribution in [0.15, 0.2) is 30.3 Å². The number of rotatable bonds is 5. The molecule has 0 atom stereocenters. The highest BCUT2D eigenvalue weighted by atomic mass is 32.2. The third-order valence-electron chi connectivity index (χ3n) is 2.99. The van der Waals surface area contributed by atoms with Crippen LogP contribution < -0.4 is 0 Å². The summed E-state index contributed by atoms with van der Waals surface area (Å²) in [6.45, 7) is 0. The molecule has 0 heterocycles. The van der Waals surface area contributed by atoms with Crippen LogP contribution in [0.25, 0.3) is 0 Å². The highest BCUT2D eigenvalue weighted by Gasteiger charge is 2.33. The van der Waals surface area contributed by atoms with Crippen LogP contribution in [0, 0.1) is 0 Å². The Morgan fingerprint density at radius 3 is 2.44 bits per heavy atom. The van der Waals surface area contributed by atoms with Crippen molar-refractivity contribution in [2.24, 2.45) is 0 Å². The minimum absolute atomic E-state index is 0.212. The molecule has 0 bridgehead atoms. The largest absolute Gasteiger partial charge is 0.214 e. The van der Waals surface area contributed by atoms with E-state index in [0.29, 0.717) is 6.42 Å². The van der Waals surface area contributed by atoms with E-state index in [2.05, 4.69) is 0 Å². The zero-order valence-corrected chi connectivity index (χ0v) is 10.3. The lowest BCUT2D eigenvalue weighted by Gasteiger charge is -2.16. The van der Waals surface area contributed by atoms with Crippen LogP contribution in [0.4, 0.5) is 0 Å². The van der Waals surface area contributed by atoms with Crippen molar-refractivity contribution in [1.82, 2.24) is 4.31 Å². The summed E-state index contributed by atoms with van der Waals surface area (Å²) in [6.07, 6.45) is 2.63. The van der Waals surface area contributed by atoms with Crippen LogP contribution in [0.3, 0.4) is 0 Å². The number of hydrogen-bond acceptors (Lipinski definition) is 2. The van der Waals surface area contributed by atoms with Gasteiger partial charge >= 0.3 is 0 Å². The second-order valence-corrected chi connectivity index (χ2v) is 6.45. The molecule has 0 amide bonds. The molecule has 0 radical (unpaired) electrons. The van der Waals surface area contributed by atoms with Gasteiger partial charge < -0.3 is 0 Å². The molecular weight excluding hydrogens is 222 g/mol. The first-order chi connectivity index (χ1) is 7.59. The first-order valence-corrected chi connectivity index (χ1v) is 7.20. The SMILES string of the molecule is CN(C1CC1)S(=O)(=O)CCc1ccccc1. The molecular formula is C12H17NO2S. The predicted molar refractivity (Wildman–Crippen MR) is 64.7 cm³/mol. The van der Waals surface area contributed by atoms with Gasteiger partial charge in [0, 0.05) is 13.1 Å². The maximum Gasteiger partial charge on any atom is 0.214 e. The maximum absolute atomic E-state index is 11.9. The normalized spacial score (nSPS) is 16.6. The van der Waals surface area contributed by atoms with Gasteiger partial charge in [-0.2, -0.15) is 0 Å². The van der Waals surface area contributed by atoms with Crippen LogP contribution in [0.1, 0.15) is 18.4 Å². The summed E-state index contributed by atoms with van der Waals surface area (Å²) in [4.78, 5) is 0. The van der Waals surface area contributed by atoms with Gasteiger partial charge in [0.05, 0.1) is 5.75 Å².